The molecule has 1 aromatic carbocycles. The predicted molar refractivity (Wildman–Crippen MR) is 105 cm³/mol. The summed E-state index contributed by atoms with van der Waals surface area (Å²) >= 11 is 0. The van der Waals surface area contributed by atoms with Gasteiger partial charge in [0.05, 0.1) is 17.9 Å². The molecule has 0 saturated carbocycles. The SMILES string of the molecule is O=C(COC(=O)Cc1ccc2c(c1)CCCC2)NNC(=O)C[C@H]1CCS(=O)(=O)C1. The van der Waals surface area contributed by atoms with Gasteiger partial charge in [-0.25, -0.2) is 8.42 Å². The number of carbonyl (C=O) groups is 3. The minimum atomic E-state index is -3.05. The second-order valence-electron chi connectivity index (χ2n) is 7.72. The number of hydrogen-bond acceptors (Lipinski definition) is 6. The number of benzene rings is 1. The van der Waals surface area contributed by atoms with Crippen LogP contribution in [0.2, 0.25) is 0 Å². The number of esters is 1. The van der Waals surface area contributed by atoms with E-state index in [0.29, 0.717) is 6.42 Å². The molecule has 8 nitrogen and oxygen atoms in total. The molecule has 2 N–H and O–H groups in total. The van der Waals surface area contributed by atoms with Gasteiger partial charge in [-0.1, -0.05) is 18.2 Å². The van der Waals surface area contributed by atoms with Gasteiger partial charge in [0.2, 0.25) is 5.91 Å². The van der Waals surface area contributed by atoms with E-state index in [1.807, 2.05) is 12.1 Å². The summed E-state index contributed by atoms with van der Waals surface area (Å²) in [4.78, 5) is 35.5. The van der Waals surface area contributed by atoms with Crippen molar-refractivity contribution >= 4 is 27.6 Å². The number of hydrogen-bond donors (Lipinski definition) is 2. The van der Waals surface area contributed by atoms with Crippen LogP contribution in [-0.2, 0) is 48.2 Å². The molecule has 0 radical (unpaired) electrons. The summed E-state index contributed by atoms with van der Waals surface area (Å²) < 4.78 is 27.7. The number of carbonyl (C=O) groups excluding carboxylic acids is 3. The Morgan fingerprint density at radius 3 is 2.48 bits per heavy atom. The first-order valence-corrected chi connectivity index (χ1v) is 11.7. The zero-order valence-corrected chi connectivity index (χ0v) is 17.1. The quantitative estimate of drug-likeness (QED) is 0.513. The van der Waals surface area contributed by atoms with Crippen molar-refractivity contribution in [2.75, 3.05) is 18.1 Å². The van der Waals surface area contributed by atoms with E-state index in [-0.39, 0.29) is 30.3 Å². The van der Waals surface area contributed by atoms with Crippen LogP contribution in [0.1, 0.15) is 42.4 Å². The summed E-state index contributed by atoms with van der Waals surface area (Å²) in [6.45, 7) is -0.498. The topological polar surface area (TPSA) is 119 Å². The van der Waals surface area contributed by atoms with Gasteiger partial charge in [-0.05, 0) is 54.7 Å². The highest BCUT2D eigenvalue weighted by Crippen LogP contribution is 2.23. The first-order chi connectivity index (χ1) is 13.8. The molecule has 1 saturated heterocycles. The minimum Gasteiger partial charge on any atom is -0.455 e. The molecule has 9 heteroatoms. The first kappa shape index (κ1) is 21.3. The third-order valence-corrected chi connectivity index (χ3v) is 7.10. The largest absolute Gasteiger partial charge is 0.455 e. The second kappa shape index (κ2) is 9.39. The van der Waals surface area contributed by atoms with Crippen molar-refractivity contribution in [3.63, 3.8) is 0 Å². The average molecular weight is 423 g/mol. The van der Waals surface area contributed by atoms with Crippen molar-refractivity contribution < 1.29 is 27.5 Å². The number of rotatable bonds is 6. The molecule has 158 valence electrons. The fourth-order valence-electron chi connectivity index (χ4n) is 3.78. The molecular weight excluding hydrogens is 396 g/mol. The van der Waals surface area contributed by atoms with Gasteiger partial charge in [0.25, 0.3) is 5.91 Å². The molecule has 1 fully saturated rings. The zero-order valence-electron chi connectivity index (χ0n) is 16.2. The Balaban J connectivity index is 1.34. The van der Waals surface area contributed by atoms with Crippen molar-refractivity contribution in [1.29, 1.82) is 0 Å². The van der Waals surface area contributed by atoms with Crippen LogP contribution in [0.3, 0.4) is 0 Å². The summed E-state index contributed by atoms with van der Waals surface area (Å²) in [5.41, 5.74) is 7.86. The van der Waals surface area contributed by atoms with Crippen LogP contribution in [0.25, 0.3) is 0 Å². The van der Waals surface area contributed by atoms with Crippen LogP contribution in [0.15, 0.2) is 18.2 Å². The van der Waals surface area contributed by atoms with Crippen molar-refractivity contribution in [2.24, 2.45) is 5.92 Å². The van der Waals surface area contributed by atoms with Gasteiger partial charge < -0.3 is 4.74 Å². The number of amides is 2. The van der Waals surface area contributed by atoms with E-state index in [0.717, 1.165) is 24.8 Å². The van der Waals surface area contributed by atoms with Gasteiger partial charge in [0.15, 0.2) is 16.4 Å². The van der Waals surface area contributed by atoms with Crippen LogP contribution in [-0.4, -0.2) is 44.3 Å². The van der Waals surface area contributed by atoms with E-state index in [2.05, 4.69) is 16.9 Å². The summed E-state index contributed by atoms with van der Waals surface area (Å²) in [6.07, 6.45) is 5.00. The molecule has 3 rings (SSSR count). The normalized spacial score (nSPS) is 19.8. The Hall–Kier alpha value is -2.42. The van der Waals surface area contributed by atoms with Gasteiger partial charge >= 0.3 is 5.97 Å². The number of fused-ring (bicyclic) bond motifs is 1. The van der Waals surface area contributed by atoms with Gasteiger partial charge in [-0.2, -0.15) is 0 Å². The summed E-state index contributed by atoms with van der Waals surface area (Å²) in [6, 6.07) is 5.99. The third kappa shape index (κ3) is 6.56. The molecule has 0 bridgehead atoms. The van der Waals surface area contributed by atoms with E-state index in [9.17, 15) is 22.8 Å². The van der Waals surface area contributed by atoms with E-state index in [1.165, 1.54) is 17.5 Å². The number of nitrogens with one attached hydrogen (secondary N) is 2. The predicted octanol–water partition coefficient (Wildman–Crippen LogP) is 0.623. The van der Waals surface area contributed by atoms with E-state index < -0.39 is 34.2 Å². The molecule has 0 spiro atoms. The number of aryl methyl sites for hydroxylation is 2. The standard InChI is InChI=1S/C20H26N2O6S/c23-18(10-15-7-8-29(26,27)13-15)21-22-19(24)12-28-20(25)11-14-5-6-16-3-1-2-4-17(16)9-14/h5-6,9,15H,1-4,7-8,10-13H2,(H,21,23)(H,22,24)/t15-/m1/s1. The Bertz CT molecular complexity index is 896. The summed E-state index contributed by atoms with van der Waals surface area (Å²) in [5, 5.41) is 0. The smallest absolute Gasteiger partial charge is 0.310 e. The Morgan fingerprint density at radius 1 is 1.03 bits per heavy atom. The molecule has 2 aliphatic rings. The van der Waals surface area contributed by atoms with Crippen molar-refractivity contribution in [3.05, 3.63) is 34.9 Å². The van der Waals surface area contributed by atoms with E-state index in [1.54, 1.807) is 0 Å². The molecule has 0 unspecified atom stereocenters. The van der Waals surface area contributed by atoms with Gasteiger partial charge in [0, 0.05) is 6.42 Å². The lowest BCUT2D eigenvalue weighted by Crippen LogP contribution is -2.44. The number of hydrazine groups is 1. The van der Waals surface area contributed by atoms with Crippen molar-refractivity contribution in [1.82, 2.24) is 10.9 Å². The minimum absolute atomic E-state index is 0.00528. The number of ether oxygens (including phenoxy) is 1. The average Bonchev–Trinajstić information content (AvgIpc) is 3.02. The highest BCUT2D eigenvalue weighted by molar-refractivity contribution is 7.91. The molecule has 1 aliphatic carbocycles. The molecule has 2 amide bonds. The van der Waals surface area contributed by atoms with Crippen LogP contribution in [0.4, 0.5) is 0 Å². The van der Waals surface area contributed by atoms with Crippen LogP contribution in [0.5, 0.6) is 0 Å². The second-order valence-corrected chi connectivity index (χ2v) is 9.95. The maximum absolute atomic E-state index is 12.0. The van der Waals surface area contributed by atoms with Crippen LogP contribution >= 0.6 is 0 Å². The lowest BCUT2D eigenvalue weighted by atomic mass is 9.90. The molecule has 1 aliphatic heterocycles. The Labute approximate surface area is 170 Å². The van der Waals surface area contributed by atoms with Gasteiger partial charge in [-0.15, -0.1) is 0 Å². The molecular formula is C20H26N2O6S. The Morgan fingerprint density at radius 2 is 1.76 bits per heavy atom. The maximum Gasteiger partial charge on any atom is 0.310 e. The summed E-state index contributed by atoms with van der Waals surface area (Å²) in [7, 11) is -3.05. The van der Waals surface area contributed by atoms with Gasteiger partial charge in [-0.3, -0.25) is 25.2 Å². The monoisotopic (exact) mass is 422 g/mol. The lowest BCUT2D eigenvalue weighted by molar-refractivity contribution is -0.148. The molecule has 1 heterocycles. The fourth-order valence-corrected chi connectivity index (χ4v) is 5.64. The third-order valence-electron chi connectivity index (χ3n) is 5.27. The van der Waals surface area contributed by atoms with Crippen LogP contribution < -0.4 is 10.9 Å². The van der Waals surface area contributed by atoms with Crippen molar-refractivity contribution in [3.8, 4) is 0 Å². The molecule has 1 aromatic rings. The molecule has 1 atom stereocenters. The Kier molecular flexibility index (Phi) is 6.89. The van der Waals surface area contributed by atoms with E-state index in [4.69, 9.17) is 4.74 Å². The lowest BCUT2D eigenvalue weighted by Gasteiger charge is -2.16. The van der Waals surface area contributed by atoms with Crippen molar-refractivity contribution in [2.45, 2.75) is 44.9 Å². The molecule has 29 heavy (non-hydrogen) atoms. The van der Waals surface area contributed by atoms with Gasteiger partial charge in [0.1, 0.15) is 0 Å². The number of sulfone groups is 1. The fraction of sp³-hybridized carbons (Fsp3) is 0.550. The highest BCUT2D eigenvalue weighted by Gasteiger charge is 2.29. The molecule has 0 aromatic heterocycles. The first-order valence-electron chi connectivity index (χ1n) is 9.85. The van der Waals surface area contributed by atoms with E-state index >= 15 is 0 Å². The van der Waals surface area contributed by atoms with Crippen LogP contribution in [0, 0.1) is 5.92 Å². The maximum atomic E-state index is 12.0. The zero-order chi connectivity index (χ0) is 20.9. The summed E-state index contributed by atoms with van der Waals surface area (Å²) in [5.74, 6) is -1.78. The highest BCUT2D eigenvalue weighted by atomic mass is 32.2.